The Morgan fingerprint density at radius 3 is 0.762 bits per heavy atom. The van der Waals surface area contributed by atoms with Gasteiger partial charge in [0.05, 0.1) is 0 Å². The van der Waals surface area contributed by atoms with Crippen molar-refractivity contribution in [3.63, 3.8) is 0 Å². The number of hydrogen-bond acceptors (Lipinski definition) is 1. The molecule has 5 rings (SSSR count). The Kier molecular flexibility index (Phi) is 117. The second-order valence-corrected chi connectivity index (χ2v) is 15.9. The molecule has 518 valence electrons. The van der Waals surface area contributed by atoms with E-state index in [4.69, 9.17) is 40.1 Å². The van der Waals surface area contributed by atoms with Crippen LogP contribution >= 0.6 is 0 Å². The van der Waals surface area contributed by atoms with Gasteiger partial charge in [-0.2, -0.15) is 221 Å². The molecule has 29 heteroatoms. The van der Waals surface area contributed by atoms with Crippen LogP contribution in [0.4, 0.5) is 11.4 Å². The molecule has 3 fully saturated rings. The van der Waals surface area contributed by atoms with Crippen LogP contribution in [0.3, 0.4) is 0 Å². The predicted molar refractivity (Wildman–Crippen MR) is 349 cm³/mol. The van der Waals surface area contributed by atoms with Crippen LogP contribution in [0.15, 0.2) is 48.7 Å². The molecular weight excluding hydrogens is 1350 g/mol. The van der Waals surface area contributed by atoms with E-state index < -0.39 is 0 Å². The van der Waals surface area contributed by atoms with E-state index in [-0.39, 0.29) is 157 Å². The molecule has 0 saturated carbocycles. The van der Waals surface area contributed by atoms with Crippen LogP contribution in [-0.4, -0.2) is 214 Å². The first-order chi connectivity index (χ1) is 36.1. The Hall–Kier alpha value is 0.846. The summed E-state index contributed by atoms with van der Waals surface area (Å²) in [4.78, 5) is 3.91. The second-order valence-electron chi connectivity index (χ2n) is 15.9. The average molecular weight is 1470 g/mol. The van der Waals surface area contributed by atoms with Crippen LogP contribution in [-0.2, 0) is 126 Å². The predicted octanol–water partition coefficient (Wildman–Crippen LogP) is 18.3. The molecule has 0 atom stereocenters. The van der Waals surface area contributed by atoms with Gasteiger partial charge in [0, 0.05) is 118 Å². The van der Waals surface area contributed by atoms with Crippen LogP contribution < -0.4 is 0 Å². The quantitative estimate of drug-likeness (QED) is 0.162. The Bertz CT molecular complexity index is 1100. The van der Waals surface area contributed by atoms with Gasteiger partial charge in [0.2, 0.25) is 0 Å². The van der Waals surface area contributed by atoms with Gasteiger partial charge in [0.15, 0.2) is 0 Å². The van der Waals surface area contributed by atoms with Crippen LogP contribution in [0, 0.1) is 0 Å². The van der Waals surface area contributed by atoms with Gasteiger partial charge in [-0.1, -0.05) is 75.3 Å². The minimum Gasteiger partial charge on any atom is -0.700 e. The minimum absolute atomic E-state index is 0. The van der Waals surface area contributed by atoms with Gasteiger partial charge < -0.3 is 115 Å². The topological polar surface area (TPSA) is 377 Å². The standard InChI is InChI=1S/3C10H20N4.C6H14N4.C6H7N2.C6H6N2.C3H8N2.2Cu.4Ni.Zn.14H2/c3*1-3-11-7-9-13-5-2-6-14-10-8-12-4-1;7-1-3-9-5-6-10-4-2-8;7-5-6-3-1-2-4-8-6;7-5-3-1-2-4-6(5)8;4-2-1-3-5;;;;;;;;;;;;;;;;;;;;;/h3*1-10H2;7-8H,1-6H2;1-4,7H,5H2;1-4,7-8H;4-5H,1-3H2;;;;;;;;14*1H/q4*-4;-1;2*-2;;+2;;;;+2;;;;;;;;;;;;;;;. The molecule has 2 aromatic rings. The van der Waals surface area contributed by atoms with E-state index in [9.17, 15) is 0 Å². The van der Waals surface area contributed by atoms with Crippen molar-refractivity contribution in [2.45, 2.75) is 51.5 Å². The summed E-state index contributed by atoms with van der Waals surface area (Å²) in [7, 11) is 0. The number of benzene rings is 1. The van der Waals surface area contributed by atoms with Crippen molar-refractivity contribution in [2.75, 3.05) is 209 Å². The zero-order chi connectivity index (χ0) is 53.3. The zero-order valence-electron chi connectivity index (χ0n) is 47.2. The third-order valence-electron chi connectivity index (χ3n) is 9.44. The molecule has 4 heterocycles. The minimum atomic E-state index is 0. The Balaban J connectivity index is -0.0000000292. The fourth-order valence-corrected chi connectivity index (χ4v) is 5.55. The van der Waals surface area contributed by atoms with Crippen LogP contribution in [0.25, 0.3) is 115 Å². The molecule has 0 amide bonds. The van der Waals surface area contributed by atoms with Crippen LogP contribution in [0.5, 0.6) is 0 Å². The van der Waals surface area contributed by atoms with Gasteiger partial charge in [-0.15, -0.1) is 6.54 Å². The van der Waals surface area contributed by atoms with E-state index in [0.29, 0.717) is 39.3 Å². The van der Waals surface area contributed by atoms with Crippen molar-refractivity contribution >= 4 is 11.4 Å². The summed E-state index contributed by atoms with van der Waals surface area (Å²) in [5, 5.41) is 60.6. The molecule has 22 nitrogen and oxygen atoms in total. The monoisotopic (exact) mass is 1470 g/mol. The summed E-state index contributed by atoms with van der Waals surface area (Å²) < 4.78 is 0. The first-order valence-corrected chi connectivity index (χ1v) is 26.6. The molecule has 0 spiro atoms. The maximum absolute atomic E-state index is 7.03. The molecule has 2 radical (unpaired) electrons. The third kappa shape index (κ3) is 90.0. The van der Waals surface area contributed by atoms with Crippen LogP contribution in [0.2, 0.25) is 0 Å². The molecule has 0 aliphatic carbocycles. The molecule has 3 aliphatic heterocycles. The van der Waals surface area contributed by atoms with Crippen molar-refractivity contribution in [1.29, 1.82) is 0 Å². The van der Waals surface area contributed by atoms with Gasteiger partial charge in [-0.25, -0.2) is 0 Å². The summed E-state index contributed by atoms with van der Waals surface area (Å²) in [6, 6.07) is 12.3. The van der Waals surface area contributed by atoms with Gasteiger partial charge in [0.25, 0.3) is 0 Å². The van der Waals surface area contributed by atoms with Crippen LogP contribution in [0.1, 0.15) is 70.6 Å². The number of pyridine rings is 1. The average Bonchev–Trinajstić information content (AvgIpc) is 3.42. The first kappa shape index (κ1) is 99.9. The molecule has 1 aromatic carbocycles. The molecule has 7 N–H and O–H groups in total. The number of nitrogens with one attached hydrogen (secondary N) is 7. The van der Waals surface area contributed by atoms with E-state index in [1.165, 1.54) is 0 Å². The molecule has 0 unspecified atom stereocenters. The second kappa shape index (κ2) is 93.5. The van der Waals surface area contributed by atoms with Gasteiger partial charge in [-0.3, -0.25) is 4.98 Å². The number of rotatable bonds is 10. The van der Waals surface area contributed by atoms with E-state index in [1.54, 1.807) is 30.5 Å². The summed E-state index contributed by atoms with van der Waals surface area (Å²) in [5.74, 6) is 0. The van der Waals surface area contributed by atoms with Crippen molar-refractivity contribution in [3.8, 4) is 0 Å². The third-order valence-corrected chi connectivity index (χ3v) is 9.44. The molecule has 0 bridgehead atoms. The maximum Gasteiger partial charge on any atom is 2.00 e. The SMILES string of the molecule is C1C[N-]CC[N-]CCC[N-]CC[N-]C1.C1C[N-]CC[N-]CCC[N-]CC[N-]C1.C1C[N-]CC[N-]CCC[N-]CC[N-]C1.[Cu+2].[Cu].[HH].[HH].[HH].[HH].[HH].[HH].[HH].[HH].[HH].[HH].[HH].[HH].[HH].[HH].[NH-]CCC[NH-].[NH-]CC[N-]CC[N-]CC[NH-].[NH-]Cc1ccccn1.[NH-]c1ccccc1[NH-].[Ni+2].[Ni].[Ni].[Ni].[Zn]. The summed E-state index contributed by atoms with van der Waals surface area (Å²) in [6.07, 6.45) is 8.92. The number of hydrogen-bond donors (Lipinski definition) is 0. The smallest absolute Gasteiger partial charge is 0.700 e. The van der Waals surface area contributed by atoms with Gasteiger partial charge in [-0.05, 0) is 12.1 Å². The van der Waals surface area contributed by atoms with Gasteiger partial charge >= 0.3 is 33.6 Å². The summed E-state index contributed by atoms with van der Waals surface area (Å²) in [6.45, 7) is 26.4. The van der Waals surface area contributed by atoms with Crippen molar-refractivity contribution in [1.82, 2.24) is 4.98 Å². The fraction of sp³-hybridized carbons (Fsp3) is 0.784. The Morgan fingerprint density at radius 1 is 0.375 bits per heavy atom. The molecule has 1 aromatic heterocycles. The van der Waals surface area contributed by atoms with Crippen molar-refractivity contribution in [2.24, 2.45) is 0 Å². The first-order valence-electron chi connectivity index (χ1n) is 26.6. The molecule has 80 heavy (non-hydrogen) atoms. The normalized spacial score (nSPS) is 16.2. The van der Waals surface area contributed by atoms with Crippen molar-refractivity contribution in [3.05, 3.63) is 169 Å². The number of aromatic nitrogens is 1. The number of nitrogens with zero attached hydrogens (tertiary/aromatic N) is 15. The largest absolute Gasteiger partial charge is 2.00 e. The maximum atomic E-state index is 7.03. The van der Waals surface area contributed by atoms with E-state index in [0.717, 1.165) is 221 Å². The zero-order valence-corrected chi connectivity index (χ0v) is 56.0. The molecule has 3 aliphatic rings. The summed E-state index contributed by atoms with van der Waals surface area (Å²) >= 11 is 0. The fourth-order valence-electron chi connectivity index (χ4n) is 5.55. The van der Waals surface area contributed by atoms with E-state index in [2.05, 4.69) is 79.4 Å². The molecular formula is C51H123Cu2N22Ni4Zn-17. The van der Waals surface area contributed by atoms with E-state index in [1.807, 2.05) is 18.2 Å². The Labute approximate surface area is 581 Å². The van der Waals surface area contributed by atoms with Gasteiger partial charge in [0.1, 0.15) is 0 Å². The van der Waals surface area contributed by atoms with Crippen molar-refractivity contribution < 1.29 is 140 Å². The summed E-state index contributed by atoms with van der Waals surface area (Å²) in [5.41, 5.74) is 48.8. The van der Waals surface area contributed by atoms with E-state index >= 15 is 0 Å². The Morgan fingerprint density at radius 2 is 0.613 bits per heavy atom. The molecule has 3 saturated heterocycles.